The zero-order valence-electron chi connectivity index (χ0n) is 37.8. The third-order valence-electron chi connectivity index (χ3n) is 8.47. The fraction of sp³-hybridized carbons (Fsp3) is 0.233. The first kappa shape index (κ1) is 55.3. The number of nitrogens with zero attached hydrogens (tertiary/aromatic N) is 6. The Balaban J connectivity index is 0.000000231. The van der Waals surface area contributed by atoms with Crippen molar-refractivity contribution in [1.82, 2.24) is 49.7 Å². The minimum Gasteiger partial charge on any atom is -0.461 e. The number of aromatic nitrogens is 8. The molecule has 0 fully saturated rings. The normalized spacial score (nSPS) is 12.7. The van der Waals surface area contributed by atoms with Gasteiger partial charge in [-0.05, 0) is 109 Å². The van der Waals surface area contributed by atoms with Gasteiger partial charge in [-0.25, -0.2) is 24.7 Å². The number of primary amides is 1. The van der Waals surface area contributed by atoms with E-state index in [1.54, 1.807) is 77.3 Å². The number of aromatic amines is 2. The number of hydrogen-bond donors (Lipinski definition) is 7. The van der Waals surface area contributed by atoms with Crippen molar-refractivity contribution in [3.63, 3.8) is 0 Å². The first-order chi connectivity index (χ1) is 32.3. The third-order valence-corrected chi connectivity index (χ3v) is 9.36. The second-order valence-electron chi connectivity index (χ2n) is 15.0. The first-order valence-electron chi connectivity index (χ1n) is 19.9. The molecule has 9 N–H and O–H groups in total. The summed E-state index contributed by atoms with van der Waals surface area (Å²) in [5.74, 6) is -0.540. The third kappa shape index (κ3) is 15.8. The number of hydrogen-bond acceptors (Lipinski definition) is 16. The standard InChI is InChI=1S/C13H13N5O2.C9H9ClN2O2.C8H8ClNO3.C6H5ClN2O2.C4H5N3.C3H6O/c1-13(2)17-11(19)9-4-3-8(12(20)18(9)13)16-10-5-6-14-7-15-10;1-9(2)11-7(13)6-4-3-5(10)8(14)12(6)9;1-2-13-8(12)6-4-3-5(9)7(11)10-6;7-3-1-2-4(5(8)10)9-6(3)11;5-4-1-2-6-3-7-4;1-3(2)4/h3-7H,1-2H3,(H,17,19)(H,14,15,16);3-4H,1-2H3,(H,11,13);3-4H,2H2,1H3,(H,10,11);1-2H,(H2,8,10)(H,9,11);1-3H,(H2,5,6,7);1-2H3. The first-order valence-corrected chi connectivity index (χ1v) is 21.0. The van der Waals surface area contributed by atoms with Gasteiger partial charge in [-0.1, -0.05) is 34.8 Å². The zero-order chi connectivity index (χ0) is 51.8. The van der Waals surface area contributed by atoms with Crippen molar-refractivity contribution in [1.29, 1.82) is 0 Å². The van der Waals surface area contributed by atoms with Gasteiger partial charge in [-0.15, -0.1) is 0 Å². The number of carbonyl (C=O) groups is 5. The van der Waals surface area contributed by atoms with Gasteiger partial charge in [0.2, 0.25) is 0 Å². The molecule has 8 heterocycles. The molecule has 3 amide bonds. The van der Waals surface area contributed by atoms with Crippen LogP contribution in [0.4, 0.5) is 17.3 Å². The van der Waals surface area contributed by atoms with Crippen molar-refractivity contribution in [2.45, 2.75) is 59.8 Å². The van der Waals surface area contributed by atoms with Gasteiger partial charge in [0.05, 0.1) is 6.61 Å². The van der Waals surface area contributed by atoms with Crippen LogP contribution in [-0.2, 0) is 20.9 Å². The molecule has 0 unspecified atom stereocenters. The number of ketones is 1. The highest BCUT2D eigenvalue weighted by Gasteiger charge is 2.37. The number of nitrogen functional groups attached to an aromatic ring is 1. The Kier molecular flexibility index (Phi) is 19.8. The lowest BCUT2D eigenvalue weighted by atomic mass is 10.2. The van der Waals surface area contributed by atoms with Crippen LogP contribution in [0, 0.1) is 0 Å². The van der Waals surface area contributed by atoms with E-state index in [0.717, 1.165) is 0 Å². The van der Waals surface area contributed by atoms with E-state index >= 15 is 0 Å². The second kappa shape index (κ2) is 24.7. The Hall–Kier alpha value is -8.02. The maximum atomic E-state index is 12.5. The molecule has 0 aliphatic carbocycles. The number of H-pyrrole nitrogens is 2. The molecular weight excluding hydrogens is 965 g/mol. The Morgan fingerprint density at radius 2 is 1.13 bits per heavy atom. The Labute approximate surface area is 406 Å². The van der Waals surface area contributed by atoms with Gasteiger partial charge in [0.1, 0.15) is 84.9 Å². The topological polar surface area (TPSA) is 344 Å². The minimum absolute atomic E-state index is 0.0370. The molecule has 26 heteroatoms. The number of esters is 1. The van der Waals surface area contributed by atoms with Crippen LogP contribution >= 0.6 is 34.8 Å². The van der Waals surface area contributed by atoms with Crippen molar-refractivity contribution in [3.05, 3.63) is 165 Å². The van der Waals surface area contributed by atoms with E-state index < -0.39 is 34.3 Å². The maximum Gasteiger partial charge on any atom is 0.354 e. The number of pyridine rings is 4. The predicted molar refractivity (Wildman–Crippen MR) is 257 cm³/mol. The number of fused-ring (bicyclic) bond motifs is 2. The molecule has 6 aromatic rings. The average molecular weight is 1010 g/mol. The van der Waals surface area contributed by atoms with Crippen molar-refractivity contribution in [3.8, 4) is 0 Å². The molecule has 0 saturated carbocycles. The summed E-state index contributed by atoms with van der Waals surface area (Å²) in [5, 5.41) is 8.59. The molecule has 23 nitrogen and oxygen atoms in total. The highest BCUT2D eigenvalue weighted by molar-refractivity contribution is 6.31. The molecule has 0 bridgehead atoms. The molecule has 0 atom stereocenters. The molecule has 2 aliphatic rings. The number of ether oxygens (including phenoxy) is 1. The highest BCUT2D eigenvalue weighted by atomic mass is 35.5. The average Bonchev–Trinajstić information content (AvgIpc) is 3.67. The van der Waals surface area contributed by atoms with Crippen molar-refractivity contribution >= 4 is 81.6 Å². The van der Waals surface area contributed by atoms with Crippen LogP contribution in [0.25, 0.3) is 0 Å². The van der Waals surface area contributed by atoms with Crippen molar-refractivity contribution in [2.24, 2.45) is 5.73 Å². The largest absolute Gasteiger partial charge is 0.461 e. The Bertz CT molecular complexity index is 3060. The lowest BCUT2D eigenvalue weighted by Crippen LogP contribution is -2.42. The quantitative estimate of drug-likeness (QED) is 0.121. The molecule has 2 aliphatic heterocycles. The fourth-order valence-corrected chi connectivity index (χ4v) is 5.96. The smallest absolute Gasteiger partial charge is 0.354 e. The molecule has 0 aromatic carbocycles. The van der Waals surface area contributed by atoms with Crippen molar-refractivity contribution in [2.75, 3.05) is 17.7 Å². The molecule has 8 rings (SSSR count). The summed E-state index contributed by atoms with van der Waals surface area (Å²) >= 11 is 16.6. The number of amides is 3. The minimum atomic E-state index is -0.743. The van der Waals surface area contributed by atoms with E-state index in [9.17, 15) is 43.2 Å². The van der Waals surface area contributed by atoms with Gasteiger partial charge < -0.3 is 46.9 Å². The molecular formula is C43H46Cl3N13O10. The van der Waals surface area contributed by atoms with Gasteiger partial charge in [-0.2, -0.15) is 0 Å². The van der Waals surface area contributed by atoms with E-state index in [4.69, 9.17) is 46.3 Å². The number of anilines is 3. The second-order valence-corrected chi connectivity index (χ2v) is 16.2. The van der Waals surface area contributed by atoms with Crippen LogP contribution in [0.15, 0.2) is 105 Å². The lowest BCUT2D eigenvalue weighted by molar-refractivity contribution is -0.115. The van der Waals surface area contributed by atoms with E-state index in [1.165, 1.54) is 66.0 Å². The predicted octanol–water partition coefficient (Wildman–Crippen LogP) is 3.74. The number of nitrogens with one attached hydrogen (secondary N) is 5. The molecule has 0 saturated heterocycles. The SMILES string of the molecule is CC(C)=O.CC1(C)NC(=O)c2ccc(Cl)c(=O)n21.CC1(C)NC(=O)c2ccc(Nc3ccncn3)c(=O)n21.CCOC(=O)c1ccc(Cl)c(=O)[nH]1.NC(=O)c1ccc(Cl)c(=O)[nH]1.Nc1ccncn1. The van der Waals surface area contributed by atoms with Gasteiger partial charge in [0.25, 0.3) is 40.0 Å². The summed E-state index contributed by atoms with van der Waals surface area (Å²) < 4.78 is 7.49. The monoisotopic (exact) mass is 1010 g/mol. The maximum absolute atomic E-state index is 12.5. The summed E-state index contributed by atoms with van der Waals surface area (Å²) in [5.41, 5.74) is 8.25. The molecule has 0 radical (unpaired) electrons. The van der Waals surface area contributed by atoms with Gasteiger partial charge in [0.15, 0.2) is 0 Å². The van der Waals surface area contributed by atoms with E-state index in [-0.39, 0.29) is 61.8 Å². The molecule has 0 spiro atoms. The summed E-state index contributed by atoms with van der Waals surface area (Å²) in [4.78, 5) is 120. The van der Waals surface area contributed by atoms with Gasteiger partial charge in [0, 0.05) is 12.4 Å². The molecule has 69 heavy (non-hydrogen) atoms. The van der Waals surface area contributed by atoms with Crippen LogP contribution in [0.2, 0.25) is 15.1 Å². The highest BCUT2D eigenvalue weighted by Crippen LogP contribution is 2.23. The Morgan fingerprint density at radius 1 is 0.667 bits per heavy atom. The van der Waals surface area contributed by atoms with E-state index in [1.807, 2.05) is 0 Å². The van der Waals surface area contributed by atoms with Crippen LogP contribution in [0.1, 0.15) is 90.4 Å². The number of nitrogens with two attached hydrogens (primary N) is 2. The lowest BCUT2D eigenvalue weighted by Gasteiger charge is -2.21. The van der Waals surface area contributed by atoms with E-state index in [2.05, 4.69) is 50.6 Å². The number of Topliss-reactive ketones (excluding diaryl/α,β-unsaturated/α-hetero) is 1. The van der Waals surface area contributed by atoms with Gasteiger partial charge >= 0.3 is 5.97 Å². The number of halogens is 3. The van der Waals surface area contributed by atoms with Crippen LogP contribution in [0.5, 0.6) is 0 Å². The summed E-state index contributed by atoms with van der Waals surface area (Å²) in [7, 11) is 0. The van der Waals surface area contributed by atoms with Crippen LogP contribution in [0.3, 0.4) is 0 Å². The van der Waals surface area contributed by atoms with Crippen LogP contribution < -0.4 is 49.7 Å². The zero-order valence-corrected chi connectivity index (χ0v) is 40.1. The van der Waals surface area contributed by atoms with Gasteiger partial charge in [-0.3, -0.25) is 42.7 Å². The Morgan fingerprint density at radius 3 is 1.57 bits per heavy atom. The molecule has 364 valence electrons. The number of carbonyl (C=O) groups excluding carboxylic acids is 5. The van der Waals surface area contributed by atoms with E-state index in [0.29, 0.717) is 28.7 Å². The fourth-order valence-electron chi connectivity index (χ4n) is 5.59. The summed E-state index contributed by atoms with van der Waals surface area (Å²) in [6.45, 7) is 12.1. The molecule has 6 aromatic heterocycles. The van der Waals surface area contributed by atoms with Crippen LogP contribution in [-0.4, -0.2) is 75.1 Å². The summed E-state index contributed by atoms with van der Waals surface area (Å²) in [6.07, 6.45) is 5.98. The van der Waals surface area contributed by atoms with Crippen molar-refractivity contribution < 1.29 is 28.7 Å². The summed E-state index contributed by atoms with van der Waals surface area (Å²) in [6, 6.07) is 14.9. The number of rotatable bonds is 5.